The largest absolute Gasteiger partial charge is 0.480 e. The van der Waals surface area contributed by atoms with Crippen LogP contribution in [0.4, 0.5) is 0 Å². The Balaban J connectivity index is 2.83. The first kappa shape index (κ1) is 18.1. The molecule has 0 saturated carbocycles. The maximum absolute atomic E-state index is 12.0. The quantitative estimate of drug-likeness (QED) is 0.609. The lowest BCUT2D eigenvalue weighted by Crippen LogP contribution is -2.50. The van der Waals surface area contributed by atoms with Crippen LogP contribution in [0.25, 0.3) is 0 Å². The molecule has 1 unspecified atom stereocenters. The summed E-state index contributed by atoms with van der Waals surface area (Å²) in [5, 5.41) is 13.1. The Hall–Kier alpha value is -1.00. The Morgan fingerprint density at radius 2 is 1.90 bits per heavy atom. The average molecular weight is 309 g/mol. The number of hydrogen-bond acceptors (Lipinski definition) is 3. The highest BCUT2D eigenvalue weighted by atomic mass is 32.2. The maximum atomic E-state index is 12.0. The van der Waals surface area contributed by atoms with Crippen molar-refractivity contribution < 1.29 is 9.90 Å². The molecule has 1 aromatic rings. The van der Waals surface area contributed by atoms with Gasteiger partial charge >= 0.3 is 5.97 Å². The number of hydrogen-bond donors (Lipinski definition) is 2. The Bertz CT molecular complexity index is 411. The van der Waals surface area contributed by atoms with Crippen molar-refractivity contribution in [2.24, 2.45) is 0 Å². The smallest absolute Gasteiger partial charge is 0.328 e. The van der Waals surface area contributed by atoms with Crippen LogP contribution in [0, 0.1) is 0 Å². The molecule has 0 aromatic heterocycles. The molecule has 4 heteroatoms. The molecular formula is C17H27NO2S. The van der Waals surface area contributed by atoms with Gasteiger partial charge in [-0.1, -0.05) is 50.6 Å². The lowest BCUT2D eigenvalue weighted by Gasteiger charge is -2.31. The highest BCUT2D eigenvalue weighted by Gasteiger charge is 2.39. The Morgan fingerprint density at radius 3 is 2.48 bits per heavy atom. The summed E-state index contributed by atoms with van der Waals surface area (Å²) in [5.74, 6) is 1.19. The summed E-state index contributed by atoms with van der Waals surface area (Å²) < 4.78 is 0. The van der Waals surface area contributed by atoms with E-state index < -0.39 is 11.5 Å². The van der Waals surface area contributed by atoms with Gasteiger partial charge in [-0.3, -0.25) is 5.32 Å². The molecule has 0 spiro atoms. The minimum Gasteiger partial charge on any atom is -0.480 e. The lowest BCUT2D eigenvalue weighted by molar-refractivity contribution is -0.145. The molecule has 0 aliphatic rings. The zero-order chi connectivity index (χ0) is 15.6. The monoisotopic (exact) mass is 309 g/mol. The second kappa shape index (κ2) is 9.85. The molecule has 0 bridgehead atoms. The van der Waals surface area contributed by atoms with Crippen LogP contribution in [-0.4, -0.2) is 29.1 Å². The fraction of sp³-hybridized carbons (Fsp3) is 0.588. The van der Waals surface area contributed by atoms with Crippen LogP contribution < -0.4 is 5.32 Å². The number of rotatable bonds is 11. The fourth-order valence-corrected chi connectivity index (χ4v) is 3.42. The number of nitrogens with one attached hydrogen (secondary N) is 1. The molecule has 1 atom stereocenters. The van der Waals surface area contributed by atoms with Gasteiger partial charge in [0.25, 0.3) is 0 Å². The van der Waals surface area contributed by atoms with Crippen LogP contribution in [0.2, 0.25) is 0 Å². The number of carboxylic acids is 1. The van der Waals surface area contributed by atoms with E-state index in [1.54, 1.807) is 0 Å². The molecule has 0 heterocycles. The first-order valence-electron chi connectivity index (χ1n) is 7.79. The Labute approximate surface area is 132 Å². The lowest BCUT2D eigenvalue weighted by atomic mass is 9.87. The third-order valence-corrected chi connectivity index (χ3v) is 4.64. The van der Waals surface area contributed by atoms with Gasteiger partial charge in [-0.15, -0.1) is 0 Å². The maximum Gasteiger partial charge on any atom is 0.328 e. The highest BCUT2D eigenvalue weighted by Crippen LogP contribution is 2.28. The van der Waals surface area contributed by atoms with Crippen LogP contribution in [0.3, 0.4) is 0 Å². The van der Waals surface area contributed by atoms with Gasteiger partial charge in [-0.05, 0) is 42.9 Å². The van der Waals surface area contributed by atoms with Crippen LogP contribution in [0.5, 0.6) is 0 Å². The molecule has 0 amide bonds. The summed E-state index contributed by atoms with van der Waals surface area (Å²) >= 11 is 1.85. The normalized spacial score (nSPS) is 13.8. The molecule has 0 fully saturated rings. The zero-order valence-electron chi connectivity index (χ0n) is 13.1. The van der Waals surface area contributed by atoms with Gasteiger partial charge in [0.2, 0.25) is 0 Å². The second-order valence-electron chi connectivity index (χ2n) is 5.22. The minimum atomic E-state index is -0.962. The predicted octanol–water partition coefficient (Wildman–Crippen LogP) is 3.89. The SMILES string of the molecule is CCCCSCCC(NCCC)(C(=O)O)c1ccccc1. The van der Waals surface area contributed by atoms with Crippen molar-refractivity contribution in [1.82, 2.24) is 5.32 Å². The molecule has 0 aliphatic carbocycles. The first-order valence-corrected chi connectivity index (χ1v) is 8.94. The summed E-state index contributed by atoms with van der Waals surface area (Å²) in [4.78, 5) is 12.0. The molecule has 0 saturated heterocycles. The number of benzene rings is 1. The van der Waals surface area contributed by atoms with E-state index in [1.807, 2.05) is 42.1 Å². The first-order chi connectivity index (χ1) is 10.2. The van der Waals surface area contributed by atoms with E-state index in [4.69, 9.17) is 0 Å². The summed E-state index contributed by atoms with van der Waals surface area (Å²) in [6.07, 6.45) is 3.91. The summed E-state index contributed by atoms with van der Waals surface area (Å²) in [6, 6.07) is 9.56. The van der Waals surface area contributed by atoms with Gasteiger partial charge in [0.15, 0.2) is 0 Å². The summed E-state index contributed by atoms with van der Waals surface area (Å²) in [7, 11) is 0. The number of carboxylic acid groups (broad SMARTS) is 1. The van der Waals surface area contributed by atoms with Gasteiger partial charge < -0.3 is 5.11 Å². The van der Waals surface area contributed by atoms with Crippen molar-refractivity contribution in [3.63, 3.8) is 0 Å². The van der Waals surface area contributed by atoms with Crippen molar-refractivity contribution in [1.29, 1.82) is 0 Å². The van der Waals surface area contributed by atoms with E-state index in [-0.39, 0.29) is 0 Å². The van der Waals surface area contributed by atoms with Gasteiger partial charge in [0.05, 0.1) is 0 Å². The topological polar surface area (TPSA) is 49.3 Å². The molecule has 0 aliphatic heterocycles. The van der Waals surface area contributed by atoms with Crippen LogP contribution >= 0.6 is 11.8 Å². The van der Waals surface area contributed by atoms with Gasteiger partial charge in [-0.2, -0.15) is 11.8 Å². The van der Waals surface area contributed by atoms with E-state index in [0.717, 1.165) is 23.5 Å². The predicted molar refractivity (Wildman–Crippen MR) is 90.9 cm³/mol. The molecule has 2 N–H and O–H groups in total. The van der Waals surface area contributed by atoms with E-state index in [1.165, 1.54) is 12.8 Å². The molecule has 1 rings (SSSR count). The Morgan fingerprint density at radius 1 is 1.19 bits per heavy atom. The average Bonchev–Trinajstić information content (AvgIpc) is 2.51. The van der Waals surface area contributed by atoms with Gasteiger partial charge in [0, 0.05) is 0 Å². The van der Waals surface area contributed by atoms with Crippen molar-refractivity contribution >= 4 is 17.7 Å². The van der Waals surface area contributed by atoms with Crippen molar-refractivity contribution in [2.45, 2.75) is 45.1 Å². The molecule has 0 radical (unpaired) electrons. The molecular weight excluding hydrogens is 282 g/mol. The Kier molecular flexibility index (Phi) is 8.47. The van der Waals surface area contributed by atoms with E-state index in [2.05, 4.69) is 19.2 Å². The van der Waals surface area contributed by atoms with Crippen molar-refractivity contribution in [2.75, 3.05) is 18.1 Å². The standard InChI is InChI=1S/C17H27NO2S/c1-3-5-13-21-14-11-17(16(19)20,18-12-4-2)15-9-7-6-8-10-15/h6-10,18H,3-5,11-14H2,1-2H3,(H,19,20). The second-order valence-corrected chi connectivity index (χ2v) is 6.44. The number of carbonyl (C=O) groups is 1. The minimum absolute atomic E-state index is 0.612. The summed E-state index contributed by atoms with van der Waals surface area (Å²) in [5.41, 5.74) is -0.113. The van der Waals surface area contributed by atoms with E-state index in [0.29, 0.717) is 13.0 Å². The third kappa shape index (κ3) is 5.36. The van der Waals surface area contributed by atoms with Gasteiger partial charge in [-0.25, -0.2) is 4.79 Å². The highest BCUT2D eigenvalue weighted by molar-refractivity contribution is 7.99. The molecule has 118 valence electrons. The zero-order valence-corrected chi connectivity index (χ0v) is 13.9. The van der Waals surface area contributed by atoms with Crippen LogP contribution in [0.15, 0.2) is 30.3 Å². The van der Waals surface area contributed by atoms with Crippen LogP contribution in [0.1, 0.15) is 45.1 Å². The fourth-order valence-electron chi connectivity index (χ4n) is 2.28. The molecule has 3 nitrogen and oxygen atoms in total. The number of unbranched alkanes of at least 4 members (excludes halogenated alkanes) is 1. The van der Waals surface area contributed by atoms with Crippen molar-refractivity contribution in [3.8, 4) is 0 Å². The van der Waals surface area contributed by atoms with E-state index >= 15 is 0 Å². The van der Waals surface area contributed by atoms with Gasteiger partial charge in [0.1, 0.15) is 5.54 Å². The van der Waals surface area contributed by atoms with Crippen LogP contribution in [-0.2, 0) is 10.3 Å². The number of aliphatic carboxylic acids is 1. The molecule has 1 aromatic carbocycles. The molecule has 21 heavy (non-hydrogen) atoms. The van der Waals surface area contributed by atoms with E-state index in [9.17, 15) is 9.90 Å². The summed E-state index contributed by atoms with van der Waals surface area (Å²) in [6.45, 7) is 4.94. The third-order valence-electron chi connectivity index (χ3n) is 3.57. The number of thioether (sulfide) groups is 1. The van der Waals surface area contributed by atoms with Crippen molar-refractivity contribution in [3.05, 3.63) is 35.9 Å².